The van der Waals surface area contributed by atoms with Crippen LogP contribution in [0.3, 0.4) is 0 Å². The monoisotopic (exact) mass is 999 g/mol. The van der Waals surface area contributed by atoms with Crippen molar-refractivity contribution in [1.29, 1.82) is 0 Å². The van der Waals surface area contributed by atoms with E-state index < -0.39 is 0 Å². The lowest BCUT2D eigenvalue weighted by molar-refractivity contribution is -0.929. The van der Waals surface area contributed by atoms with Crippen LogP contribution < -0.4 is 0 Å². The van der Waals surface area contributed by atoms with E-state index in [9.17, 15) is 10.2 Å². The summed E-state index contributed by atoms with van der Waals surface area (Å²) in [6.07, 6.45) is 38.4. The van der Waals surface area contributed by atoms with E-state index in [0.29, 0.717) is 11.5 Å². The van der Waals surface area contributed by atoms with Crippen LogP contribution in [-0.4, -0.2) is 96.1 Å². The Morgan fingerprint density at radius 3 is 1.00 bits per heavy atom. The molecule has 1 fully saturated rings. The van der Waals surface area contributed by atoms with E-state index in [4.69, 9.17) is 9.98 Å². The van der Waals surface area contributed by atoms with Crippen molar-refractivity contribution >= 4 is 12.4 Å². The molecule has 3 rings (SSSR count). The molecule has 0 aromatic heterocycles. The number of rotatable bonds is 40. The lowest BCUT2D eigenvalue weighted by Crippen LogP contribution is -2.50. The molecule has 0 unspecified atom stereocenters. The van der Waals surface area contributed by atoms with Crippen molar-refractivity contribution in [2.24, 2.45) is 9.98 Å². The van der Waals surface area contributed by atoms with Crippen molar-refractivity contribution in [3.8, 4) is 11.5 Å². The summed E-state index contributed by atoms with van der Waals surface area (Å²) < 4.78 is 2.63. The molecule has 2 atom stereocenters. The van der Waals surface area contributed by atoms with Gasteiger partial charge in [-0.1, -0.05) is 158 Å². The third-order valence-electron chi connectivity index (χ3n) is 17.9. The Balaban J connectivity index is 1.99. The molecule has 0 heterocycles. The fourth-order valence-electron chi connectivity index (χ4n) is 12.5. The first kappa shape index (κ1) is 63.6. The van der Waals surface area contributed by atoms with Crippen molar-refractivity contribution in [3.05, 3.63) is 57.6 Å². The summed E-state index contributed by atoms with van der Waals surface area (Å²) in [6.45, 7) is 38.5. The van der Waals surface area contributed by atoms with Crippen molar-refractivity contribution in [3.63, 3.8) is 0 Å². The molecule has 6 nitrogen and oxygen atoms in total. The smallest absolute Gasteiger partial charge is 0.127 e. The third kappa shape index (κ3) is 20.4. The third-order valence-corrected chi connectivity index (χ3v) is 17.9. The van der Waals surface area contributed by atoms with Gasteiger partial charge in [0.05, 0.1) is 64.4 Å². The number of unbranched alkanes of at least 4 members (excludes halogenated alkanes) is 10. The molecule has 0 amide bonds. The summed E-state index contributed by atoms with van der Waals surface area (Å²) >= 11 is 0. The molecule has 0 radical (unpaired) electrons. The maximum absolute atomic E-state index is 11.8. The van der Waals surface area contributed by atoms with Gasteiger partial charge in [0.1, 0.15) is 11.5 Å². The quantitative estimate of drug-likeness (QED) is 0.0397. The highest BCUT2D eigenvalue weighted by atomic mass is 16.3. The normalized spacial score (nSPS) is 16.2. The first-order valence-corrected chi connectivity index (χ1v) is 31.1. The first-order valence-electron chi connectivity index (χ1n) is 31.1. The molecule has 2 N–H and O–H groups in total. The summed E-state index contributed by atoms with van der Waals surface area (Å²) in [7, 11) is 0. The van der Waals surface area contributed by atoms with Crippen LogP contribution in [0.1, 0.15) is 282 Å². The van der Waals surface area contributed by atoms with Gasteiger partial charge in [-0.15, -0.1) is 0 Å². The van der Waals surface area contributed by atoms with Crippen LogP contribution >= 0.6 is 0 Å². The lowest BCUT2D eigenvalue weighted by Gasteiger charge is -2.40. The van der Waals surface area contributed by atoms with E-state index >= 15 is 0 Å². The van der Waals surface area contributed by atoms with Gasteiger partial charge in [-0.2, -0.15) is 0 Å². The van der Waals surface area contributed by atoms with E-state index in [1.165, 1.54) is 214 Å². The summed E-state index contributed by atoms with van der Waals surface area (Å²) in [5, 5.41) is 23.1. The second kappa shape index (κ2) is 34.1. The number of phenolic OH excluding ortho intramolecular Hbond substituents is 2. The van der Waals surface area contributed by atoms with E-state index in [-0.39, 0.29) is 22.9 Å². The molecule has 72 heavy (non-hydrogen) atoms. The Labute approximate surface area is 447 Å². The fourth-order valence-corrected chi connectivity index (χ4v) is 12.5. The zero-order chi connectivity index (χ0) is 52.9. The highest BCUT2D eigenvalue weighted by molar-refractivity contribution is 5.86. The minimum atomic E-state index is 0.00831. The molecule has 0 bridgehead atoms. The number of nitrogens with zero attached hydrogens (tertiary/aromatic N) is 4. The van der Waals surface area contributed by atoms with Crippen molar-refractivity contribution in [2.45, 2.75) is 286 Å². The number of hydrogen-bond donors (Lipinski definition) is 2. The van der Waals surface area contributed by atoms with E-state index in [1.807, 2.05) is 19.4 Å². The molecule has 0 spiro atoms. The average molecular weight is 1000 g/mol. The molecule has 1 aliphatic carbocycles. The van der Waals surface area contributed by atoms with Gasteiger partial charge >= 0.3 is 0 Å². The van der Waals surface area contributed by atoms with Crippen LogP contribution in [0.2, 0.25) is 0 Å². The number of hydrogen-bond acceptors (Lipinski definition) is 4. The summed E-state index contributed by atoms with van der Waals surface area (Å²) in [5.41, 5.74) is 6.37. The van der Waals surface area contributed by atoms with Gasteiger partial charge < -0.3 is 19.2 Å². The van der Waals surface area contributed by atoms with Gasteiger partial charge in [0, 0.05) is 23.6 Å². The number of aromatic hydroxyl groups is 2. The first-order chi connectivity index (χ1) is 34.7. The van der Waals surface area contributed by atoms with Gasteiger partial charge in [0.2, 0.25) is 0 Å². The van der Waals surface area contributed by atoms with Crippen LogP contribution in [0.25, 0.3) is 0 Å². The highest BCUT2D eigenvalue weighted by Crippen LogP contribution is 2.40. The van der Waals surface area contributed by atoms with E-state index in [2.05, 4.69) is 100 Å². The Kier molecular flexibility index (Phi) is 30.1. The number of aryl methyl sites for hydroxylation is 2. The standard InChI is InChI=1S/C66H116N4O2/c1-13-21-37-65(11,38-22-14-2)59-49-55(9)63(71)57(51-59)53-67-61-35-29-30-36-62(61)68-54-58-52-60(50-56(10)64(58)72)66(12,39-31-33-47-69(41-23-15-3,42-24-16-4)43-25-17-5)40-32-34-48-70(44-26-18-6,45-27-19-7)46-28-20-8/h49-54,61-62H,13-48H2,1-12H3/p+2/t61-,62-/m0/s1. The lowest BCUT2D eigenvalue weighted by atomic mass is 9.73. The van der Waals surface area contributed by atoms with Crippen molar-refractivity contribution in [1.82, 2.24) is 0 Å². The molecule has 412 valence electrons. The fraction of sp³-hybridized carbons (Fsp3) is 0.788. The van der Waals surface area contributed by atoms with Crippen LogP contribution in [0.5, 0.6) is 11.5 Å². The van der Waals surface area contributed by atoms with Crippen LogP contribution in [0.4, 0.5) is 0 Å². The number of aliphatic imine (C=N–C) groups is 2. The number of phenols is 2. The molecule has 2 aromatic carbocycles. The Morgan fingerprint density at radius 1 is 0.431 bits per heavy atom. The molecule has 1 aliphatic rings. The average Bonchev–Trinajstić information content (AvgIpc) is 3.39. The second-order valence-electron chi connectivity index (χ2n) is 24.3. The molecular formula is C66H118N4O2+2. The van der Waals surface area contributed by atoms with Gasteiger partial charge in [-0.3, -0.25) is 9.98 Å². The van der Waals surface area contributed by atoms with E-state index in [1.54, 1.807) is 0 Å². The number of benzene rings is 2. The van der Waals surface area contributed by atoms with Crippen LogP contribution in [0, 0.1) is 13.8 Å². The number of quaternary nitrogens is 2. The predicted octanol–water partition coefficient (Wildman–Crippen LogP) is 18.2. The topological polar surface area (TPSA) is 65.2 Å². The molecule has 6 heteroatoms. The summed E-state index contributed by atoms with van der Waals surface area (Å²) in [5.74, 6) is 0.708. The molecule has 1 saturated carbocycles. The van der Waals surface area contributed by atoms with Crippen LogP contribution in [-0.2, 0) is 10.8 Å². The van der Waals surface area contributed by atoms with Crippen molar-refractivity contribution in [2.75, 3.05) is 52.4 Å². The second-order valence-corrected chi connectivity index (χ2v) is 24.3. The molecular weight excluding hydrogens is 881 g/mol. The van der Waals surface area contributed by atoms with Gasteiger partial charge in [-0.05, 0) is 162 Å². The minimum Gasteiger partial charge on any atom is -0.507 e. The zero-order valence-electron chi connectivity index (χ0n) is 49.8. The zero-order valence-corrected chi connectivity index (χ0v) is 49.8. The Bertz CT molecular complexity index is 1740. The predicted molar refractivity (Wildman–Crippen MR) is 317 cm³/mol. The van der Waals surface area contributed by atoms with Gasteiger partial charge in [0.15, 0.2) is 0 Å². The molecule has 0 saturated heterocycles. The Morgan fingerprint density at radius 2 is 0.708 bits per heavy atom. The maximum atomic E-state index is 11.8. The summed E-state index contributed by atoms with van der Waals surface area (Å²) in [6, 6.07) is 9.17. The van der Waals surface area contributed by atoms with Crippen molar-refractivity contribution < 1.29 is 19.2 Å². The highest BCUT2D eigenvalue weighted by Gasteiger charge is 2.32. The minimum absolute atomic E-state index is 0.00831. The summed E-state index contributed by atoms with van der Waals surface area (Å²) in [4.78, 5) is 10.6. The van der Waals surface area contributed by atoms with Gasteiger partial charge in [-0.25, -0.2) is 0 Å². The SMILES string of the molecule is CCCCC(C)(CCCC)c1cc(C)c(O)c(C=N[C@H]2CCCC[C@@H]2N=Cc2cc(C(C)(CCCC[N+](CCCC)(CCCC)CCCC)CCCC[N+](CCCC)(CCCC)CCCC)cc(C)c2O)c1. The van der Waals surface area contributed by atoms with E-state index in [0.717, 1.165) is 60.8 Å². The molecule has 2 aromatic rings. The maximum Gasteiger partial charge on any atom is 0.127 e. The van der Waals surface area contributed by atoms with Gasteiger partial charge in [0.25, 0.3) is 0 Å². The largest absolute Gasteiger partial charge is 0.507 e. The molecule has 0 aliphatic heterocycles. The Hall–Kier alpha value is -2.70. The van der Waals surface area contributed by atoms with Crippen LogP contribution in [0.15, 0.2) is 34.3 Å².